The molecule has 0 fully saturated rings. The molecule has 2 heterocycles. The Bertz CT molecular complexity index is 953. The lowest BCUT2D eigenvalue weighted by Gasteiger charge is -2.22. The zero-order chi connectivity index (χ0) is 17.9. The van der Waals surface area contributed by atoms with Crippen LogP contribution in [0.1, 0.15) is 16.1 Å². The van der Waals surface area contributed by atoms with Crippen molar-refractivity contribution in [1.29, 1.82) is 0 Å². The maximum Gasteiger partial charge on any atom is 0.265 e. The number of nitrogens with zero attached hydrogens (tertiary/aromatic N) is 2. The fourth-order valence-corrected chi connectivity index (χ4v) is 3.64. The van der Waals surface area contributed by atoms with Crippen LogP contribution in [0.2, 0.25) is 0 Å². The molecule has 1 aromatic carbocycles. The highest BCUT2D eigenvalue weighted by Crippen LogP contribution is 2.24. The molecule has 7 nitrogen and oxygen atoms in total. The minimum Gasteiger partial charge on any atom is -0.467 e. The second kappa shape index (κ2) is 6.78. The maximum absolute atomic E-state index is 13.1. The van der Waals surface area contributed by atoms with Crippen LogP contribution in [0, 0.1) is 0 Å². The third-order valence-corrected chi connectivity index (χ3v) is 5.28. The van der Waals surface area contributed by atoms with Crippen molar-refractivity contribution in [3.8, 4) is 0 Å². The molecule has 3 rings (SSSR count). The van der Waals surface area contributed by atoms with Gasteiger partial charge in [0, 0.05) is 11.8 Å². The van der Waals surface area contributed by atoms with Crippen molar-refractivity contribution < 1.29 is 17.6 Å². The van der Waals surface area contributed by atoms with Crippen LogP contribution in [-0.4, -0.2) is 19.3 Å². The molecule has 0 bridgehead atoms. The summed E-state index contributed by atoms with van der Waals surface area (Å²) >= 11 is 0. The summed E-state index contributed by atoms with van der Waals surface area (Å²) in [7, 11) is -3.91. The van der Waals surface area contributed by atoms with Gasteiger partial charge >= 0.3 is 0 Å². The summed E-state index contributed by atoms with van der Waals surface area (Å²) in [5.41, 5.74) is 5.42. The molecule has 0 aliphatic carbocycles. The molecule has 128 valence electrons. The number of carbonyl (C=O) groups excluding carboxylic acids is 1. The number of hydrogen-bond donors (Lipinski definition) is 1. The monoisotopic (exact) mass is 357 g/mol. The van der Waals surface area contributed by atoms with E-state index in [0.717, 1.165) is 4.31 Å². The van der Waals surface area contributed by atoms with Gasteiger partial charge < -0.3 is 10.2 Å². The highest BCUT2D eigenvalue weighted by Gasteiger charge is 2.27. The van der Waals surface area contributed by atoms with Crippen molar-refractivity contribution in [1.82, 2.24) is 4.98 Å². The molecule has 2 aromatic heterocycles. The van der Waals surface area contributed by atoms with Gasteiger partial charge in [-0.25, -0.2) is 17.7 Å². The Morgan fingerprint density at radius 1 is 1.08 bits per heavy atom. The summed E-state index contributed by atoms with van der Waals surface area (Å²) in [6, 6.07) is 13.8. The zero-order valence-electron chi connectivity index (χ0n) is 13.1. The van der Waals surface area contributed by atoms with E-state index in [9.17, 15) is 13.2 Å². The van der Waals surface area contributed by atoms with Crippen LogP contribution >= 0.6 is 0 Å². The lowest BCUT2D eigenvalue weighted by Crippen LogP contribution is -2.31. The van der Waals surface area contributed by atoms with Crippen molar-refractivity contribution in [3.05, 3.63) is 78.4 Å². The minimum absolute atomic E-state index is 0.0100. The molecular weight excluding hydrogens is 342 g/mol. The van der Waals surface area contributed by atoms with Gasteiger partial charge in [0.25, 0.3) is 10.0 Å². The molecule has 0 radical (unpaired) electrons. The van der Waals surface area contributed by atoms with E-state index < -0.39 is 15.9 Å². The third-order valence-electron chi connectivity index (χ3n) is 3.51. The van der Waals surface area contributed by atoms with Crippen LogP contribution in [0.3, 0.4) is 0 Å². The molecule has 25 heavy (non-hydrogen) atoms. The van der Waals surface area contributed by atoms with E-state index in [1.165, 1.54) is 36.7 Å². The quantitative estimate of drug-likeness (QED) is 0.727. The van der Waals surface area contributed by atoms with E-state index in [1.54, 1.807) is 30.3 Å². The van der Waals surface area contributed by atoms with Crippen molar-refractivity contribution in [2.45, 2.75) is 11.4 Å². The number of benzene rings is 1. The number of primary amides is 1. The first-order valence-electron chi connectivity index (χ1n) is 7.34. The number of amides is 1. The number of sulfonamides is 1. The Morgan fingerprint density at radius 3 is 2.40 bits per heavy atom. The molecule has 0 aliphatic rings. The predicted octanol–water partition coefficient (Wildman–Crippen LogP) is 2.17. The highest BCUT2D eigenvalue weighted by molar-refractivity contribution is 7.92. The average Bonchev–Trinajstić information content (AvgIpc) is 3.13. The van der Waals surface area contributed by atoms with Crippen LogP contribution in [-0.2, 0) is 16.6 Å². The number of hydrogen-bond acceptors (Lipinski definition) is 5. The van der Waals surface area contributed by atoms with Gasteiger partial charge in [0.15, 0.2) is 0 Å². The highest BCUT2D eigenvalue weighted by atomic mass is 32.2. The van der Waals surface area contributed by atoms with Crippen LogP contribution < -0.4 is 10.0 Å². The Hall–Kier alpha value is -3.13. The molecule has 2 N–H and O–H groups in total. The van der Waals surface area contributed by atoms with Gasteiger partial charge in [-0.3, -0.25) is 4.79 Å². The molecule has 1 amide bonds. The minimum atomic E-state index is -3.91. The van der Waals surface area contributed by atoms with Crippen molar-refractivity contribution >= 4 is 21.7 Å². The van der Waals surface area contributed by atoms with Gasteiger partial charge in [0.05, 0.1) is 17.7 Å². The summed E-state index contributed by atoms with van der Waals surface area (Å²) < 4.78 is 32.6. The van der Waals surface area contributed by atoms with Gasteiger partial charge in [-0.05, 0) is 48.5 Å². The summed E-state index contributed by atoms with van der Waals surface area (Å²) in [5.74, 6) is 0.113. The standard InChI is InChI=1S/C17H15N3O4S/c18-17(21)13-6-8-15(9-7-13)25(22,23)20(12-14-4-3-11-24-14)16-5-1-2-10-19-16/h1-11H,12H2,(H2,18,21). The summed E-state index contributed by atoms with van der Waals surface area (Å²) in [5, 5.41) is 0. The van der Waals surface area contributed by atoms with E-state index in [2.05, 4.69) is 4.98 Å². The molecule has 0 saturated carbocycles. The molecular formula is C17H15N3O4S. The van der Waals surface area contributed by atoms with Crippen molar-refractivity contribution in [3.63, 3.8) is 0 Å². The fourth-order valence-electron chi connectivity index (χ4n) is 2.25. The largest absolute Gasteiger partial charge is 0.467 e. The van der Waals surface area contributed by atoms with Gasteiger partial charge in [-0.1, -0.05) is 6.07 Å². The normalized spacial score (nSPS) is 11.2. The topological polar surface area (TPSA) is 106 Å². The molecule has 8 heteroatoms. The van der Waals surface area contributed by atoms with Crippen molar-refractivity contribution in [2.75, 3.05) is 4.31 Å². The first kappa shape index (κ1) is 16.7. The van der Waals surface area contributed by atoms with Crippen LogP contribution in [0.15, 0.2) is 76.4 Å². The Balaban J connectivity index is 2.03. The van der Waals surface area contributed by atoms with Gasteiger partial charge in [-0.15, -0.1) is 0 Å². The van der Waals surface area contributed by atoms with E-state index in [0.29, 0.717) is 5.76 Å². The molecule has 0 saturated heterocycles. The molecule has 0 atom stereocenters. The average molecular weight is 357 g/mol. The fraction of sp³-hybridized carbons (Fsp3) is 0.0588. The second-order valence-electron chi connectivity index (χ2n) is 5.17. The van der Waals surface area contributed by atoms with Crippen LogP contribution in [0.5, 0.6) is 0 Å². The SMILES string of the molecule is NC(=O)c1ccc(S(=O)(=O)N(Cc2ccco2)c2ccccn2)cc1. The summed E-state index contributed by atoms with van der Waals surface area (Å²) in [4.78, 5) is 15.3. The van der Waals surface area contributed by atoms with Crippen LogP contribution in [0.25, 0.3) is 0 Å². The first-order chi connectivity index (χ1) is 12.0. The number of pyridine rings is 1. The number of carbonyl (C=O) groups is 1. The first-order valence-corrected chi connectivity index (χ1v) is 8.78. The third kappa shape index (κ3) is 3.53. The Kier molecular flexibility index (Phi) is 4.53. The maximum atomic E-state index is 13.1. The Morgan fingerprint density at radius 2 is 1.84 bits per heavy atom. The predicted molar refractivity (Wildman–Crippen MR) is 91.3 cm³/mol. The lowest BCUT2D eigenvalue weighted by atomic mass is 10.2. The molecule has 0 aliphatic heterocycles. The molecule has 0 spiro atoms. The Labute approximate surface area is 144 Å². The van der Waals surface area contributed by atoms with Gasteiger partial charge in [0.1, 0.15) is 11.6 Å². The smallest absolute Gasteiger partial charge is 0.265 e. The summed E-state index contributed by atoms with van der Waals surface area (Å²) in [6.07, 6.45) is 2.98. The number of furan rings is 1. The number of rotatable bonds is 6. The zero-order valence-corrected chi connectivity index (χ0v) is 13.9. The molecule has 0 unspecified atom stereocenters. The van der Waals surface area contributed by atoms with E-state index in [1.807, 2.05) is 0 Å². The van der Waals surface area contributed by atoms with Crippen molar-refractivity contribution in [2.24, 2.45) is 5.73 Å². The van der Waals surface area contributed by atoms with E-state index in [4.69, 9.17) is 10.2 Å². The number of nitrogens with two attached hydrogens (primary N) is 1. The van der Waals surface area contributed by atoms with E-state index in [-0.39, 0.29) is 22.8 Å². The summed E-state index contributed by atoms with van der Waals surface area (Å²) in [6.45, 7) is -0.0100. The van der Waals surface area contributed by atoms with E-state index >= 15 is 0 Å². The second-order valence-corrected chi connectivity index (χ2v) is 7.03. The number of aromatic nitrogens is 1. The van der Waals surface area contributed by atoms with Gasteiger partial charge in [0.2, 0.25) is 5.91 Å². The van der Waals surface area contributed by atoms with Crippen LogP contribution in [0.4, 0.5) is 5.82 Å². The van der Waals surface area contributed by atoms with Gasteiger partial charge in [-0.2, -0.15) is 0 Å². The lowest BCUT2D eigenvalue weighted by molar-refractivity contribution is 0.1000. The number of anilines is 1. The molecule has 3 aromatic rings.